The first-order valence-electron chi connectivity index (χ1n) is 7.68. The SMILES string of the molecule is CC(C)(C)c1ccc(CNC(=O)c2nnc(-c3ccco3)o2)cc1. The van der Waals surface area contributed by atoms with Gasteiger partial charge in [-0.25, -0.2) is 0 Å². The van der Waals surface area contributed by atoms with Crippen molar-refractivity contribution in [2.75, 3.05) is 0 Å². The first-order chi connectivity index (χ1) is 11.4. The molecule has 0 fully saturated rings. The highest BCUT2D eigenvalue weighted by atomic mass is 16.4. The first kappa shape index (κ1) is 16.0. The third kappa shape index (κ3) is 3.53. The van der Waals surface area contributed by atoms with Crippen LogP contribution in [0.25, 0.3) is 11.7 Å². The maximum Gasteiger partial charge on any atom is 0.309 e. The predicted octanol–water partition coefficient (Wildman–Crippen LogP) is 3.56. The van der Waals surface area contributed by atoms with E-state index in [0.717, 1.165) is 5.56 Å². The molecule has 1 N–H and O–H groups in total. The van der Waals surface area contributed by atoms with Crippen molar-refractivity contribution in [1.29, 1.82) is 0 Å². The molecule has 2 heterocycles. The van der Waals surface area contributed by atoms with E-state index in [2.05, 4.69) is 48.4 Å². The van der Waals surface area contributed by atoms with Crippen molar-refractivity contribution in [3.63, 3.8) is 0 Å². The lowest BCUT2D eigenvalue weighted by molar-refractivity contribution is 0.0916. The highest BCUT2D eigenvalue weighted by Crippen LogP contribution is 2.22. The Hall–Kier alpha value is -2.89. The standard InChI is InChI=1S/C18H19N3O3/c1-18(2,3)13-8-6-12(7-9-13)11-19-15(22)17-21-20-16(24-17)14-5-4-10-23-14/h4-10H,11H2,1-3H3,(H,19,22). The van der Waals surface area contributed by atoms with Gasteiger partial charge in [-0.15, -0.1) is 10.2 Å². The molecule has 0 saturated carbocycles. The van der Waals surface area contributed by atoms with Gasteiger partial charge in [-0.05, 0) is 28.7 Å². The normalized spacial score (nSPS) is 11.5. The number of carbonyl (C=O) groups is 1. The Labute approximate surface area is 139 Å². The quantitative estimate of drug-likeness (QED) is 0.793. The third-order valence-electron chi connectivity index (χ3n) is 3.62. The zero-order valence-electron chi connectivity index (χ0n) is 13.9. The Morgan fingerprint density at radius 3 is 2.50 bits per heavy atom. The van der Waals surface area contributed by atoms with Crippen molar-refractivity contribution in [1.82, 2.24) is 15.5 Å². The van der Waals surface area contributed by atoms with Crippen molar-refractivity contribution in [2.45, 2.75) is 32.7 Å². The van der Waals surface area contributed by atoms with Crippen LogP contribution in [0.5, 0.6) is 0 Å². The fourth-order valence-electron chi connectivity index (χ4n) is 2.20. The van der Waals surface area contributed by atoms with Gasteiger partial charge in [-0.1, -0.05) is 45.0 Å². The van der Waals surface area contributed by atoms with Gasteiger partial charge >= 0.3 is 11.8 Å². The lowest BCUT2D eigenvalue weighted by Gasteiger charge is -2.19. The molecule has 0 aliphatic heterocycles. The van der Waals surface area contributed by atoms with Crippen LogP contribution in [-0.4, -0.2) is 16.1 Å². The van der Waals surface area contributed by atoms with Crippen LogP contribution in [-0.2, 0) is 12.0 Å². The average Bonchev–Trinajstić information content (AvgIpc) is 3.22. The maximum absolute atomic E-state index is 12.1. The van der Waals surface area contributed by atoms with E-state index in [1.807, 2.05) is 12.1 Å². The molecule has 6 heteroatoms. The Bertz CT molecular complexity index is 812. The van der Waals surface area contributed by atoms with Gasteiger partial charge in [0.05, 0.1) is 6.26 Å². The van der Waals surface area contributed by atoms with Crippen LogP contribution in [0, 0.1) is 0 Å². The Morgan fingerprint density at radius 2 is 1.88 bits per heavy atom. The van der Waals surface area contributed by atoms with Gasteiger partial charge in [-0.3, -0.25) is 4.79 Å². The van der Waals surface area contributed by atoms with Gasteiger partial charge in [0.25, 0.3) is 5.89 Å². The summed E-state index contributed by atoms with van der Waals surface area (Å²) in [5, 5.41) is 10.3. The fraction of sp³-hybridized carbons (Fsp3) is 0.278. The van der Waals surface area contributed by atoms with Crippen molar-refractivity contribution >= 4 is 5.91 Å². The van der Waals surface area contributed by atoms with E-state index in [-0.39, 0.29) is 17.2 Å². The summed E-state index contributed by atoms with van der Waals surface area (Å²) in [5.74, 6) is 0.104. The van der Waals surface area contributed by atoms with Crippen molar-refractivity contribution in [3.8, 4) is 11.7 Å². The number of nitrogens with one attached hydrogen (secondary N) is 1. The minimum Gasteiger partial charge on any atom is -0.459 e. The lowest BCUT2D eigenvalue weighted by Crippen LogP contribution is -2.23. The average molecular weight is 325 g/mol. The van der Waals surface area contributed by atoms with Crippen LogP contribution in [0.4, 0.5) is 0 Å². The van der Waals surface area contributed by atoms with Gasteiger partial charge in [-0.2, -0.15) is 0 Å². The molecule has 1 aromatic carbocycles. The topological polar surface area (TPSA) is 81.2 Å². The molecular formula is C18H19N3O3. The third-order valence-corrected chi connectivity index (χ3v) is 3.62. The number of nitrogens with zero attached hydrogens (tertiary/aromatic N) is 2. The zero-order valence-corrected chi connectivity index (χ0v) is 13.9. The summed E-state index contributed by atoms with van der Waals surface area (Å²) in [6.07, 6.45) is 1.50. The lowest BCUT2D eigenvalue weighted by atomic mass is 9.87. The number of benzene rings is 1. The minimum absolute atomic E-state index is 0.0901. The van der Waals surface area contributed by atoms with E-state index < -0.39 is 5.91 Å². The number of carbonyl (C=O) groups excluding carboxylic acids is 1. The molecule has 0 spiro atoms. The highest BCUT2D eigenvalue weighted by molar-refractivity contribution is 5.89. The van der Waals surface area contributed by atoms with E-state index >= 15 is 0 Å². The van der Waals surface area contributed by atoms with E-state index in [4.69, 9.17) is 8.83 Å². The van der Waals surface area contributed by atoms with E-state index in [9.17, 15) is 4.79 Å². The summed E-state index contributed by atoms with van der Waals surface area (Å²) in [4.78, 5) is 12.1. The summed E-state index contributed by atoms with van der Waals surface area (Å²) < 4.78 is 10.5. The summed E-state index contributed by atoms with van der Waals surface area (Å²) in [7, 11) is 0. The van der Waals surface area contributed by atoms with Crippen molar-refractivity contribution in [2.24, 2.45) is 0 Å². The zero-order chi connectivity index (χ0) is 17.2. The first-order valence-corrected chi connectivity index (χ1v) is 7.68. The summed E-state index contributed by atoms with van der Waals surface area (Å²) >= 11 is 0. The Balaban J connectivity index is 1.61. The molecule has 0 aliphatic carbocycles. The van der Waals surface area contributed by atoms with Crippen molar-refractivity contribution in [3.05, 3.63) is 59.7 Å². The maximum atomic E-state index is 12.1. The Morgan fingerprint density at radius 1 is 1.12 bits per heavy atom. The molecule has 3 rings (SSSR count). The van der Waals surface area contributed by atoms with Crippen molar-refractivity contribution < 1.29 is 13.6 Å². The summed E-state index contributed by atoms with van der Waals surface area (Å²) in [6.45, 7) is 6.88. The second kappa shape index (κ2) is 6.31. The van der Waals surface area contributed by atoms with E-state index in [1.54, 1.807) is 12.1 Å². The Kier molecular flexibility index (Phi) is 4.20. The van der Waals surface area contributed by atoms with Gasteiger partial charge in [0.15, 0.2) is 5.76 Å². The molecule has 0 saturated heterocycles. The number of aromatic nitrogens is 2. The second-order valence-electron chi connectivity index (χ2n) is 6.52. The van der Waals surface area contributed by atoms with Crippen LogP contribution in [0.15, 0.2) is 51.5 Å². The second-order valence-corrected chi connectivity index (χ2v) is 6.52. The van der Waals surface area contributed by atoms with Gasteiger partial charge < -0.3 is 14.2 Å². The molecule has 0 radical (unpaired) electrons. The molecule has 2 aromatic heterocycles. The van der Waals surface area contributed by atoms with E-state index in [1.165, 1.54) is 11.8 Å². The number of rotatable bonds is 4. The van der Waals surface area contributed by atoms with Crippen LogP contribution in [0.3, 0.4) is 0 Å². The van der Waals surface area contributed by atoms with Crippen LogP contribution in [0.1, 0.15) is 42.6 Å². The molecule has 24 heavy (non-hydrogen) atoms. The van der Waals surface area contributed by atoms with E-state index in [0.29, 0.717) is 12.3 Å². The summed E-state index contributed by atoms with van der Waals surface area (Å²) in [5.41, 5.74) is 2.35. The molecule has 3 aromatic rings. The van der Waals surface area contributed by atoms with Crippen LogP contribution < -0.4 is 5.32 Å². The molecule has 0 atom stereocenters. The molecule has 124 valence electrons. The summed E-state index contributed by atoms with van der Waals surface area (Å²) in [6, 6.07) is 11.5. The fourth-order valence-corrected chi connectivity index (χ4v) is 2.20. The molecule has 0 aliphatic rings. The van der Waals surface area contributed by atoms with Crippen LogP contribution in [0.2, 0.25) is 0 Å². The molecule has 1 amide bonds. The monoisotopic (exact) mass is 325 g/mol. The molecular weight excluding hydrogens is 306 g/mol. The molecule has 6 nitrogen and oxygen atoms in total. The minimum atomic E-state index is -0.416. The smallest absolute Gasteiger partial charge is 0.309 e. The van der Waals surface area contributed by atoms with Gasteiger partial charge in [0.2, 0.25) is 0 Å². The van der Waals surface area contributed by atoms with Gasteiger partial charge in [0.1, 0.15) is 0 Å². The number of furan rings is 1. The highest BCUT2D eigenvalue weighted by Gasteiger charge is 2.17. The largest absolute Gasteiger partial charge is 0.459 e. The molecule has 0 unspecified atom stereocenters. The number of hydrogen-bond acceptors (Lipinski definition) is 5. The number of hydrogen-bond donors (Lipinski definition) is 1. The predicted molar refractivity (Wildman–Crippen MR) is 88.3 cm³/mol. The molecule has 0 bridgehead atoms. The van der Waals surface area contributed by atoms with Crippen LogP contribution >= 0.6 is 0 Å². The number of amides is 1. The van der Waals surface area contributed by atoms with Gasteiger partial charge in [0, 0.05) is 6.54 Å².